The van der Waals surface area contributed by atoms with E-state index in [4.69, 9.17) is 40.1 Å². The molecule has 1 aliphatic heterocycles. The summed E-state index contributed by atoms with van der Waals surface area (Å²) in [6.45, 7) is -0.167. The van der Waals surface area contributed by atoms with Gasteiger partial charge in [-0.05, 0) is 24.8 Å². The Kier molecular flexibility index (Phi) is 13.9. The van der Waals surface area contributed by atoms with E-state index in [2.05, 4.69) is 20.6 Å². The van der Waals surface area contributed by atoms with Gasteiger partial charge in [0.2, 0.25) is 23.3 Å². The second-order valence-corrected chi connectivity index (χ2v) is 11.0. The zero-order chi connectivity index (χ0) is 36.2. The van der Waals surface area contributed by atoms with Crippen molar-refractivity contribution in [1.29, 1.82) is 0 Å². The minimum Gasteiger partial charge on any atom is -0.481 e. The summed E-state index contributed by atoms with van der Waals surface area (Å²) in [6, 6.07) is 2.09. The number of carbonyl (C=O) groups excluding carboxylic acids is 6. The van der Waals surface area contributed by atoms with Crippen LogP contribution in [0.1, 0.15) is 37.7 Å². The van der Waals surface area contributed by atoms with Gasteiger partial charge in [-0.3, -0.25) is 53.8 Å². The van der Waals surface area contributed by atoms with Crippen molar-refractivity contribution in [2.75, 3.05) is 13.1 Å². The van der Waals surface area contributed by atoms with E-state index in [1.54, 1.807) is 30.3 Å². The third-order valence-corrected chi connectivity index (χ3v) is 7.48. The molecule has 17 N–H and O–H groups in total. The number of rotatable bonds is 19. The molecule has 0 aliphatic carbocycles. The number of amides is 5. The van der Waals surface area contributed by atoms with Gasteiger partial charge in [0.25, 0.3) is 11.8 Å². The van der Waals surface area contributed by atoms with Crippen molar-refractivity contribution < 1.29 is 38.7 Å². The first-order chi connectivity index (χ1) is 22.5. The Morgan fingerprint density at radius 3 is 2.04 bits per heavy atom. The van der Waals surface area contributed by atoms with Gasteiger partial charge in [-0.15, -0.1) is 0 Å². The maximum absolute atomic E-state index is 14.4. The smallest absolute Gasteiger partial charge is 0.305 e. The number of carboxylic acid groups (broad SMARTS) is 1. The zero-order valence-corrected chi connectivity index (χ0v) is 26.0. The summed E-state index contributed by atoms with van der Waals surface area (Å²) >= 11 is 0. The van der Waals surface area contributed by atoms with E-state index in [1.807, 2.05) is 0 Å². The minimum absolute atomic E-state index is 0.0933. The van der Waals surface area contributed by atoms with Gasteiger partial charge in [0.15, 0.2) is 17.7 Å². The predicted octanol–water partition coefficient (Wildman–Crippen LogP) is -5.40. The first kappa shape index (κ1) is 38.6. The summed E-state index contributed by atoms with van der Waals surface area (Å²) in [7, 11) is 0. The number of carbonyl (C=O) groups is 7. The van der Waals surface area contributed by atoms with Gasteiger partial charge in [-0.1, -0.05) is 30.3 Å². The van der Waals surface area contributed by atoms with Crippen molar-refractivity contribution in [3.8, 4) is 0 Å². The number of imide groups is 1. The molecule has 0 spiro atoms. The molecule has 0 bridgehead atoms. The molecule has 48 heavy (non-hydrogen) atoms. The number of nitrogens with two attached hydrogens (primary N) is 7. The van der Waals surface area contributed by atoms with E-state index in [-0.39, 0.29) is 31.9 Å². The molecule has 0 radical (unpaired) electrons. The van der Waals surface area contributed by atoms with Crippen LogP contribution in [0.4, 0.5) is 0 Å². The highest BCUT2D eigenvalue weighted by Gasteiger charge is 2.64. The highest BCUT2D eigenvalue weighted by atomic mass is 16.4. The third-order valence-electron chi connectivity index (χ3n) is 7.48. The number of aliphatic carboxylic acids is 1. The fraction of sp³-hybridized carbons (Fsp3) is 0.464. The Bertz CT molecular complexity index is 1440. The van der Waals surface area contributed by atoms with E-state index in [9.17, 15) is 38.7 Å². The Labute approximate surface area is 274 Å². The molecule has 1 fully saturated rings. The number of aliphatic imine (C=N–C) groups is 2. The molecule has 2 unspecified atom stereocenters. The third kappa shape index (κ3) is 9.93. The van der Waals surface area contributed by atoms with Crippen LogP contribution in [0.5, 0.6) is 0 Å². The van der Waals surface area contributed by atoms with Crippen molar-refractivity contribution in [3.63, 3.8) is 0 Å². The van der Waals surface area contributed by atoms with Gasteiger partial charge in [0.1, 0.15) is 6.04 Å². The number of ketones is 1. The second-order valence-electron chi connectivity index (χ2n) is 11.0. The summed E-state index contributed by atoms with van der Waals surface area (Å²) in [6.07, 6.45) is -2.15. The van der Waals surface area contributed by atoms with Gasteiger partial charge in [-0.25, -0.2) is 0 Å². The zero-order valence-electron chi connectivity index (χ0n) is 26.0. The molecular weight excluding hydrogens is 632 g/mol. The molecule has 262 valence electrons. The Hall–Kier alpha value is -5.63. The molecule has 20 nitrogen and oxygen atoms in total. The predicted molar refractivity (Wildman–Crippen MR) is 171 cm³/mol. The second kappa shape index (κ2) is 17.3. The molecule has 0 saturated carbocycles. The lowest BCUT2D eigenvalue weighted by Crippen LogP contribution is -2.73. The molecular formula is C28H42N12O8. The Balaban J connectivity index is 2.64. The summed E-state index contributed by atoms with van der Waals surface area (Å²) in [5.41, 5.74) is 36.4. The molecule has 1 aliphatic rings. The van der Waals surface area contributed by atoms with Gasteiger partial charge in [-0.2, -0.15) is 0 Å². The molecule has 5 amide bonds. The van der Waals surface area contributed by atoms with Crippen molar-refractivity contribution >= 4 is 53.2 Å². The number of nitrogens with one attached hydrogen (secondary N) is 2. The standard InChI is InChI=1S/C28H42N12O8/c29-15(7-4-9-36-26(32)33)23(46)39-17(11-14-5-2-1-3-6-14)24(47)40-20(42)13-19(41)28(40,25(31)48)18(8-10-37-27(34)35)38-16(22(30)45)12-21(43)44/h1-3,5-6,15-18,38H,4,7-13,29H2,(H2,30,45)(H2,31,48)(H,39,46)(H,43,44)(H4,32,33,36)(H4,34,35,37)/t15-,16?,17-,18?,28+/m0/s1. The lowest BCUT2D eigenvalue weighted by Gasteiger charge is -2.41. The molecule has 0 aromatic heterocycles. The van der Waals surface area contributed by atoms with Gasteiger partial charge >= 0.3 is 5.97 Å². The van der Waals surface area contributed by atoms with E-state index in [1.165, 1.54) is 0 Å². The number of likely N-dealkylation sites (tertiary alicyclic amines) is 1. The number of benzene rings is 1. The fourth-order valence-electron chi connectivity index (χ4n) is 5.27. The first-order valence-corrected chi connectivity index (χ1v) is 14.7. The van der Waals surface area contributed by atoms with Crippen LogP contribution >= 0.6 is 0 Å². The average molecular weight is 675 g/mol. The van der Waals surface area contributed by atoms with Crippen LogP contribution in [-0.2, 0) is 40.0 Å². The lowest BCUT2D eigenvalue weighted by atomic mass is 9.81. The lowest BCUT2D eigenvalue weighted by molar-refractivity contribution is -0.159. The van der Waals surface area contributed by atoms with Crippen LogP contribution in [0.2, 0.25) is 0 Å². The summed E-state index contributed by atoms with van der Waals surface area (Å²) in [5.74, 6) is -9.04. The number of hydrogen-bond acceptors (Lipinski definition) is 11. The van der Waals surface area contributed by atoms with Crippen molar-refractivity contribution in [3.05, 3.63) is 35.9 Å². The van der Waals surface area contributed by atoms with Crippen LogP contribution in [0.15, 0.2) is 40.3 Å². The van der Waals surface area contributed by atoms with E-state index in [0.29, 0.717) is 16.9 Å². The molecule has 5 atom stereocenters. The van der Waals surface area contributed by atoms with Crippen molar-refractivity contribution in [1.82, 2.24) is 15.5 Å². The first-order valence-electron chi connectivity index (χ1n) is 14.7. The number of carboxylic acids is 1. The highest BCUT2D eigenvalue weighted by molar-refractivity contribution is 6.27. The Morgan fingerprint density at radius 2 is 1.50 bits per heavy atom. The molecule has 2 rings (SSSR count). The van der Waals surface area contributed by atoms with Gasteiger partial charge in [0.05, 0.1) is 24.9 Å². The quantitative estimate of drug-likeness (QED) is 0.0283. The highest BCUT2D eigenvalue weighted by Crippen LogP contribution is 2.34. The van der Waals surface area contributed by atoms with Crippen LogP contribution in [0, 0.1) is 0 Å². The minimum atomic E-state index is -2.83. The molecule has 1 heterocycles. The molecule has 20 heteroatoms. The number of guanidine groups is 2. The van der Waals surface area contributed by atoms with Crippen LogP contribution in [0.3, 0.4) is 0 Å². The molecule has 1 aromatic carbocycles. The van der Waals surface area contributed by atoms with E-state index < -0.39 is 96.2 Å². The van der Waals surface area contributed by atoms with Gasteiger partial charge in [0, 0.05) is 25.6 Å². The fourth-order valence-corrected chi connectivity index (χ4v) is 5.27. The van der Waals surface area contributed by atoms with E-state index >= 15 is 0 Å². The van der Waals surface area contributed by atoms with Crippen LogP contribution in [0.25, 0.3) is 0 Å². The number of Topliss-reactive ketones (excluding diaryl/α,β-unsaturated/α-hetero) is 1. The van der Waals surface area contributed by atoms with Gasteiger partial charge < -0.3 is 50.6 Å². The molecule has 1 aromatic rings. The maximum atomic E-state index is 14.4. The topological polar surface area (TPSA) is 374 Å². The number of nitrogens with zero attached hydrogens (tertiary/aromatic N) is 3. The van der Waals surface area contributed by atoms with Crippen molar-refractivity contribution in [2.24, 2.45) is 50.1 Å². The summed E-state index contributed by atoms with van der Waals surface area (Å²) < 4.78 is 0. The van der Waals surface area contributed by atoms with Crippen molar-refractivity contribution in [2.45, 2.75) is 68.2 Å². The van der Waals surface area contributed by atoms with Crippen LogP contribution < -0.4 is 50.8 Å². The SMILES string of the molecule is NC(=O)C(CC(=O)O)NC(CCN=C(N)N)[C@]1(C(N)=O)C(=O)CC(=O)N1C(=O)[C@H](Cc1ccccc1)NC(=O)[C@@H](N)CCCN=C(N)N. The summed E-state index contributed by atoms with van der Waals surface area (Å²) in [5, 5.41) is 14.4. The summed E-state index contributed by atoms with van der Waals surface area (Å²) in [4.78, 5) is 99.8. The Morgan fingerprint density at radius 1 is 0.896 bits per heavy atom. The molecule has 1 saturated heterocycles. The van der Waals surface area contributed by atoms with E-state index in [0.717, 1.165) is 0 Å². The van der Waals surface area contributed by atoms with Crippen LogP contribution in [-0.4, -0.2) is 106 Å². The largest absolute Gasteiger partial charge is 0.481 e. The number of hydrogen-bond donors (Lipinski definition) is 10. The normalized spacial score (nSPS) is 18.2. The average Bonchev–Trinajstić information content (AvgIpc) is 3.27. The number of primary amides is 2. The monoisotopic (exact) mass is 674 g/mol. The maximum Gasteiger partial charge on any atom is 0.305 e.